The highest BCUT2D eigenvalue weighted by molar-refractivity contribution is 9.10. The summed E-state index contributed by atoms with van der Waals surface area (Å²) in [4.78, 5) is 0. The molecule has 3 unspecified atom stereocenters. The Labute approximate surface area is 138 Å². The van der Waals surface area contributed by atoms with E-state index < -0.39 is 0 Å². The first-order chi connectivity index (χ1) is 10.2. The second-order valence-electron chi connectivity index (χ2n) is 6.35. The zero-order chi connectivity index (χ0) is 15.2. The number of nitrogens with zero attached hydrogens (tertiary/aromatic N) is 2. The highest BCUT2D eigenvalue weighted by Gasteiger charge is 2.33. The molecular formula is C17H30BrN3. The third kappa shape index (κ3) is 4.10. The Morgan fingerprint density at radius 1 is 1.33 bits per heavy atom. The van der Waals surface area contributed by atoms with Crippen LogP contribution in [0.1, 0.15) is 64.5 Å². The van der Waals surface area contributed by atoms with E-state index in [2.05, 4.69) is 51.8 Å². The van der Waals surface area contributed by atoms with Crippen LogP contribution in [0.3, 0.4) is 0 Å². The van der Waals surface area contributed by atoms with Crippen LogP contribution >= 0.6 is 15.9 Å². The van der Waals surface area contributed by atoms with Crippen molar-refractivity contribution in [3.05, 3.63) is 16.4 Å². The second-order valence-corrected chi connectivity index (χ2v) is 7.21. The van der Waals surface area contributed by atoms with Crippen molar-refractivity contribution >= 4 is 15.9 Å². The Balaban J connectivity index is 2.17. The lowest BCUT2D eigenvalue weighted by Crippen LogP contribution is -2.33. The number of aromatic nitrogens is 2. The molecule has 1 aromatic heterocycles. The molecule has 0 bridgehead atoms. The molecule has 0 amide bonds. The molecule has 1 saturated carbocycles. The molecule has 1 aliphatic carbocycles. The number of rotatable bonds is 7. The second kappa shape index (κ2) is 8.33. The SMILES string of the molecule is CCCNCC1CCC(CC)CC1c1c(Br)cnn1CC. The van der Waals surface area contributed by atoms with Crippen molar-refractivity contribution in [3.63, 3.8) is 0 Å². The molecule has 3 atom stereocenters. The van der Waals surface area contributed by atoms with Crippen molar-refractivity contribution in [1.29, 1.82) is 0 Å². The van der Waals surface area contributed by atoms with Crippen molar-refractivity contribution in [1.82, 2.24) is 15.1 Å². The Hall–Kier alpha value is -0.350. The molecule has 2 rings (SSSR count). The average Bonchev–Trinajstić information content (AvgIpc) is 2.88. The Bertz CT molecular complexity index is 428. The van der Waals surface area contributed by atoms with Gasteiger partial charge in [0.15, 0.2) is 0 Å². The number of aryl methyl sites for hydroxylation is 1. The number of hydrogen-bond acceptors (Lipinski definition) is 2. The van der Waals surface area contributed by atoms with E-state index in [0.29, 0.717) is 5.92 Å². The van der Waals surface area contributed by atoms with Crippen molar-refractivity contribution in [2.24, 2.45) is 11.8 Å². The van der Waals surface area contributed by atoms with Crippen LogP contribution in [0.25, 0.3) is 0 Å². The largest absolute Gasteiger partial charge is 0.316 e. The minimum absolute atomic E-state index is 0.643. The van der Waals surface area contributed by atoms with E-state index in [1.807, 2.05) is 6.20 Å². The predicted molar refractivity (Wildman–Crippen MR) is 92.6 cm³/mol. The van der Waals surface area contributed by atoms with Crippen molar-refractivity contribution in [2.75, 3.05) is 13.1 Å². The molecule has 0 radical (unpaired) electrons. The van der Waals surface area contributed by atoms with Crippen LogP contribution in [0.4, 0.5) is 0 Å². The minimum Gasteiger partial charge on any atom is -0.316 e. The van der Waals surface area contributed by atoms with Gasteiger partial charge in [0.1, 0.15) is 0 Å². The summed E-state index contributed by atoms with van der Waals surface area (Å²) in [5.41, 5.74) is 1.43. The maximum Gasteiger partial charge on any atom is 0.0635 e. The fourth-order valence-corrected chi connectivity index (χ4v) is 4.32. The van der Waals surface area contributed by atoms with Crippen LogP contribution in [0.2, 0.25) is 0 Å². The van der Waals surface area contributed by atoms with Gasteiger partial charge in [-0.1, -0.05) is 26.7 Å². The lowest BCUT2D eigenvalue weighted by Gasteiger charge is -2.36. The molecule has 1 aromatic rings. The molecular weight excluding hydrogens is 326 g/mol. The van der Waals surface area contributed by atoms with Crippen molar-refractivity contribution in [3.8, 4) is 0 Å². The molecule has 0 saturated heterocycles. The topological polar surface area (TPSA) is 29.9 Å². The van der Waals surface area contributed by atoms with E-state index in [4.69, 9.17) is 0 Å². The molecule has 1 fully saturated rings. The van der Waals surface area contributed by atoms with E-state index in [9.17, 15) is 0 Å². The summed E-state index contributed by atoms with van der Waals surface area (Å²) in [7, 11) is 0. The van der Waals surface area contributed by atoms with Crippen LogP contribution in [-0.4, -0.2) is 22.9 Å². The Kier molecular flexibility index (Phi) is 6.74. The summed E-state index contributed by atoms with van der Waals surface area (Å²) >= 11 is 3.74. The van der Waals surface area contributed by atoms with E-state index >= 15 is 0 Å². The summed E-state index contributed by atoms with van der Waals surface area (Å²) in [6.45, 7) is 10.0. The summed E-state index contributed by atoms with van der Waals surface area (Å²) in [5, 5.41) is 8.18. The normalized spacial score (nSPS) is 26.2. The predicted octanol–water partition coefficient (Wildman–Crippen LogP) is 4.58. The van der Waals surface area contributed by atoms with Gasteiger partial charge in [0.25, 0.3) is 0 Å². The van der Waals surface area contributed by atoms with Crippen LogP contribution < -0.4 is 5.32 Å². The number of nitrogens with one attached hydrogen (secondary N) is 1. The first kappa shape index (κ1) is 17.0. The molecule has 4 heteroatoms. The standard InChI is InChI=1S/C17H30BrN3/c1-4-9-19-11-14-8-7-13(5-2)10-15(14)17-16(18)12-20-21(17)6-3/h12-15,19H,4-11H2,1-3H3. The zero-order valence-electron chi connectivity index (χ0n) is 13.7. The first-order valence-corrected chi connectivity index (χ1v) is 9.42. The summed E-state index contributed by atoms with van der Waals surface area (Å²) in [5.74, 6) is 2.27. The fourth-order valence-electron chi connectivity index (χ4n) is 3.73. The number of hydrogen-bond donors (Lipinski definition) is 1. The minimum atomic E-state index is 0.643. The third-order valence-corrected chi connectivity index (χ3v) is 5.61. The molecule has 120 valence electrons. The maximum atomic E-state index is 4.54. The van der Waals surface area contributed by atoms with Crippen LogP contribution in [-0.2, 0) is 6.54 Å². The molecule has 1 N–H and O–H groups in total. The van der Waals surface area contributed by atoms with Crippen molar-refractivity contribution in [2.45, 2.75) is 65.3 Å². The lowest BCUT2D eigenvalue weighted by atomic mass is 9.71. The van der Waals surface area contributed by atoms with Gasteiger partial charge in [-0.15, -0.1) is 0 Å². The molecule has 0 spiro atoms. The molecule has 1 aliphatic rings. The molecule has 3 nitrogen and oxygen atoms in total. The average molecular weight is 356 g/mol. The maximum absolute atomic E-state index is 4.54. The van der Waals surface area contributed by atoms with Gasteiger partial charge in [0.05, 0.1) is 16.4 Å². The van der Waals surface area contributed by atoms with E-state index in [0.717, 1.165) is 31.5 Å². The van der Waals surface area contributed by atoms with Gasteiger partial charge in [-0.2, -0.15) is 5.10 Å². The Morgan fingerprint density at radius 3 is 2.81 bits per heavy atom. The number of halogens is 1. The van der Waals surface area contributed by atoms with Gasteiger partial charge in [-0.05, 0) is 67.0 Å². The monoisotopic (exact) mass is 355 g/mol. The smallest absolute Gasteiger partial charge is 0.0635 e. The van der Waals surface area contributed by atoms with Gasteiger partial charge in [0.2, 0.25) is 0 Å². The van der Waals surface area contributed by atoms with Crippen LogP contribution in [0.15, 0.2) is 10.7 Å². The molecule has 21 heavy (non-hydrogen) atoms. The first-order valence-electron chi connectivity index (χ1n) is 8.63. The highest BCUT2D eigenvalue weighted by Crippen LogP contribution is 2.43. The van der Waals surface area contributed by atoms with Gasteiger partial charge in [0, 0.05) is 12.5 Å². The highest BCUT2D eigenvalue weighted by atomic mass is 79.9. The van der Waals surface area contributed by atoms with E-state index in [1.165, 1.54) is 42.3 Å². The fraction of sp³-hybridized carbons (Fsp3) is 0.824. The quantitative estimate of drug-likeness (QED) is 0.725. The Morgan fingerprint density at radius 2 is 2.14 bits per heavy atom. The summed E-state index contributed by atoms with van der Waals surface area (Å²) in [6, 6.07) is 0. The lowest BCUT2D eigenvalue weighted by molar-refractivity contribution is 0.217. The van der Waals surface area contributed by atoms with Gasteiger partial charge in [-0.25, -0.2) is 0 Å². The zero-order valence-corrected chi connectivity index (χ0v) is 15.3. The van der Waals surface area contributed by atoms with Gasteiger partial charge in [-0.3, -0.25) is 4.68 Å². The molecule has 0 aliphatic heterocycles. The van der Waals surface area contributed by atoms with Crippen LogP contribution in [0, 0.1) is 11.8 Å². The molecule has 1 heterocycles. The van der Waals surface area contributed by atoms with E-state index in [1.54, 1.807) is 0 Å². The third-order valence-electron chi connectivity index (χ3n) is 5.00. The van der Waals surface area contributed by atoms with Crippen molar-refractivity contribution < 1.29 is 0 Å². The molecule has 0 aromatic carbocycles. The summed E-state index contributed by atoms with van der Waals surface area (Å²) in [6.07, 6.45) is 8.56. The van der Waals surface area contributed by atoms with Crippen LogP contribution in [0.5, 0.6) is 0 Å². The van der Waals surface area contributed by atoms with Gasteiger partial charge < -0.3 is 5.32 Å². The summed E-state index contributed by atoms with van der Waals surface area (Å²) < 4.78 is 3.39. The van der Waals surface area contributed by atoms with Gasteiger partial charge >= 0.3 is 0 Å². The van der Waals surface area contributed by atoms with E-state index in [-0.39, 0.29) is 0 Å².